The quantitative estimate of drug-likeness (QED) is 0.285. The number of ether oxygens (including phenoxy) is 5. The summed E-state index contributed by atoms with van der Waals surface area (Å²) in [6.07, 6.45) is 1.58. The number of ketones is 1. The van der Waals surface area contributed by atoms with Crippen molar-refractivity contribution in [3.63, 3.8) is 0 Å². The van der Waals surface area contributed by atoms with Gasteiger partial charge in [-0.05, 0) is 49.8 Å². The van der Waals surface area contributed by atoms with Crippen molar-refractivity contribution in [2.45, 2.75) is 13.8 Å². The molecule has 0 aliphatic carbocycles. The lowest BCUT2D eigenvalue weighted by Gasteiger charge is -2.12. The van der Waals surface area contributed by atoms with E-state index in [1.807, 2.05) is 19.1 Å². The molecule has 0 fully saturated rings. The smallest absolute Gasteiger partial charge is 0.343 e. The summed E-state index contributed by atoms with van der Waals surface area (Å²) < 4.78 is 27.5. The van der Waals surface area contributed by atoms with E-state index < -0.39 is 5.97 Å². The molecule has 0 atom stereocenters. The molecule has 0 spiro atoms. The monoisotopic (exact) mass is 460 g/mol. The number of Topliss-reactive ketones (excluding diaryl/α,β-unsaturated/α-hetero) is 1. The van der Waals surface area contributed by atoms with Crippen LogP contribution >= 0.6 is 0 Å². The van der Waals surface area contributed by atoms with Crippen LogP contribution in [0.15, 0.2) is 54.3 Å². The van der Waals surface area contributed by atoms with E-state index in [1.165, 1.54) is 21.3 Å². The van der Waals surface area contributed by atoms with Gasteiger partial charge in [0.2, 0.25) is 5.78 Å². The average Bonchev–Trinajstić information content (AvgIpc) is 3.14. The Morgan fingerprint density at radius 2 is 1.50 bits per heavy atom. The van der Waals surface area contributed by atoms with Crippen molar-refractivity contribution in [2.24, 2.45) is 0 Å². The highest BCUT2D eigenvalue weighted by atomic mass is 16.5. The topological polar surface area (TPSA) is 80.3 Å². The first-order valence-electron chi connectivity index (χ1n) is 10.5. The number of fused-ring (bicyclic) bond motifs is 1. The molecule has 0 saturated carbocycles. The summed E-state index contributed by atoms with van der Waals surface area (Å²) in [6, 6.07) is 13.6. The van der Waals surface area contributed by atoms with E-state index in [9.17, 15) is 9.59 Å². The number of rotatable bonds is 6. The van der Waals surface area contributed by atoms with E-state index in [1.54, 1.807) is 49.4 Å². The molecule has 0 N–H and O–H groups in total. The first kappa shape index (κ1) is 22.9. The Morgan fingerprint density at radius 1 is 0.853 bits per heavy atom. The Hall–Kier alpha value is -4.26. The third-order valence-corrected chi connectivity index (χ3v) is 5.46. The zero-order valence-electron chi connectivity index (χ0n) is 19.6. The average molecular weight is 460 g/mol. The van der Waals surface area contributed by atoms with Crippen LogP contribution in [0.1, 0.15) is 37.4 Å². The first-order valence-corrected chi connectivity index (χ1v) is 10.5. The fourth-order valence-corrected chi connectivity index (χ4v) is 3.70. The fraction of sp³-hybridized carbons (Fsp3) is 0.185. The van der Waals surface area contributed by atoms with Gasteiger partial charge in [-0.1, -0.05) is 17.7 Å². The fourth-order valence-electron chi connectivity index (χ4n) is 3.70. The minimum atomic E-state index is -0.491. The predicted molar refractivity (Wildman–Crippen MR) is 126 cm³/mol. The minimum absolute atomic E-state index is 0.116. The molecule has 0 unspecified atom stereocenters. The third kappa shape index (κ3) is 4.32. The van der Waals surface area contributed by atoms with Gasteiger partial charge in [0, 0.05) is 17.7 Å². The van der Waals surface area contributed by atoms with Crippen LogP contribution in [0.4, 0.5) is 0 Å². The highest BCUT2D eigenvalue weighted by Crippen LogP contribution is 2.40. The molecule has 3 aromatic carbocycles. The summed E-state index contributed by atoms with van der Waals surface area (Å²) in [5, 5.41) is 0. The van der Waals surface area contributed by atoms with Crippen molar-refractivity contribution in [2.75, 3.05) is 21.3 Å². The number of hydrogen-bond donors (Lipinski definition) is 0. The zero-order chi connectivity index (χ0) is 24.4. The maximum Gasteiger partial charge on any atom is 0.343 e. The van der Waals surface area contributed by atoms with Crippen molar-refractivity contribution in [3.05, 3.63) is 82.1 Å². The summed E-state index contributed by atoms with van der Waals surface area (Å²) in [5.74, 6) is 1.43. The van der Waals surface area contributed by atoms with Crippen molar-refractivity contribution < 1.29 is 33.3 Å². The Labute approximate surface area is 197 Å². The largest absolute Gasteiger partial charge is 0.496 e. The van der Waals surface area contributed by atoms with E-state index in [2.05, 4.69) is 0 Å². The van der Waals surface area contributed by atoms with Crippen LogP contribution in [-0.4, -0.2) is 33.1 Å². The van der Waals surface area contributed by atoms with Crippen LogP contribution < -0.4 is 23.7 Å². The second kappa shape index (κ2) is 9.31. The van der Waals surface area contributed by atoms with Crippen molar-refractivity contribution in [1.29, 1.82) is 0 Å². The van der Waals surface area contributed by atoms with Gasteiger partial charge in [0.1, 0.15) is 17.2 Å². The lowest BCUT2D eigenvalue weighted by Crippen LogP contribution is -2.08. The van der Waals surface area contributed by atoms with Gasteiger partial charge in [-0.15, -0.1) is 0 Å². The molecule has 174 valence electrons. The number of hydrogen-bond acceptors (Lipinski definition) is 7. The summed E-state index contributed by atoms with van der Waals surface area (Å²) in [5.41, 5.74) is 3.11. The molecule has 1 heterocycles. The molecule has 7 nitrogen and oxygen atoms in total. The lowest BCUT2D eigenvalue weighted by molar-refractivity contribution is 0.0734. The van der Waals surface area contributed by atoms with Gasteiger partial charge in [0.15, 0.2) is 17.3 Å². The van der Waals surface area contributed by atoms with Crippen molar-refractivity contribution in [3.8, 4) is 28.7 Å². The Bertz CT molecular complexity index is 1300. The number of carbonyl (C=O) groups is 2. The van der Waals surface area contributed by atoms with E-state index in [-0.39, 0.29) is 11.5 Å². The summed E-state index contributed by atoms with van der Waals surface area (Å²) in [4.78, 5) is 25.6. The highest BCUT2D eigenvalue weighted by molar-refractivity contribution is 6.15. The summed E-state index contributed by atoms with van der Waals surface area (Å²) in [6.45, 7) is 3.71. The van der Waals surface area contributed by atoms with Gasteiger partial charge < -0.3 is 23.7 Å². The van der Waals surface area contributed by atoms with Crippen LogP contribution in [0.5, 0.6) is 28.7 Å². The molecule has 0 radical (unpaired) electrons. The maximum absolute atomic E-state index is 13.1. The molecular formula is C27H24O7. The van der Waals surface area contributed by atoms with Gasteiger partial charge in [0.05, 0.1) is 32.5 Å². The van der Waals surface area contributed by atoms with Gasteiger partial charge in [-0.2, -0.15) is 0 Å². The molecule has 4 rings (SSSR count). The van der Waals surface area contributed by atoms with Crippen LogP contribution in [0, 0.1) is 13.8 Å². The van der Waals surface area contributed by atoms with Gasteiger partial charge in [0.25, 0.3) is 0 Å². The molecular weight excluding hydrogens is 436 g/mol. The van der Waals surface area contributed by atoms with Crippen LogP contribution in [0.2, 0.25) is 0 Å². The Balaban J connectivity index is 1.64. The number of allylic oxidation sites excluding steroid dienone is 1. The molecule has 7 heteroatoms. The van der Waals surface area contributed by atoms with Gasteiger partial charge in [-0.25, -0.2) is 4.79 Å². The predicted octanol–water partition coefficient (Wildman–Crippen LogP) is 5.16. The van der Waals surface area contributed by atoms with E-state index in [4.69, 9.17) is 23.7 Å². The lowest BCUT2D eigenvalue weighted by atomic mass is 10.0. The standard InChI is InChI=1S/C27H24O7/c1-15-6-8-17(9-7-15)27(29)33-19-10-16(2)25-23(13-19)34-24(26(25)28)12-18-11-21(31-4)22(32-5)14-20(18)30-3/h6-14H,1-5H3/b24-12-. The van der Waals surface area contributed by atoms with Crippen molar-refractivity contribution in [1.82, 2.24) is 0 Å². The van der Waals surface area contributed by atoms with Crippen LogP contribution in [0.25, 0.3) is 6.08 Å². The molecule has 3 aromatic rings. The molecule has 1 aliphatic rings. The number of methoxy groups -OCH3 is 3. The number of esters is 1. The number of aryl methyl sites for hydroxylation is 2. The first-order chi connectivity index (χ1) is 16.3. The van der Waals surface area contributed by atoms with Gasteiger partial charge >= 0.3 is 5.97 Å². The molecule has 0 aromatic heterocycles. The van der Waals surface area contributed by atoms with Gasteiger partial charge in [-0.3, -0.25) is 4.79 Å². The Morgan fingerprint density at radius 3 is 2.15 bits per heavy atom. The van der Waals surface area contributed by atoms with E-state index in [0.29, 0.717) is 51.0 Å². The maximum atomic E-state index is 13.1. The third-order valence-electron chi connectivity index (χ3n) is 5.46. The van der Waals surface area contributed by atoms with Crippen molar-refractivity contribution >= 4 is 17.8 Å². The highest BCUT2D eigenvalue weighted by Gasteiger charge is 2.31. The van der Waals surface area contributed by atoms with Crippen LogP contribution in [0.3, 0.4) is 0 Å². The molecule has 0 bridgehead atoms. The second-order valence-electron chi connectivity index (χ2n) is 7.76. The SMILES string of the molecule is COc1cc(OC)c(OC)cc1/C=C1\Oc2cc(OC(=O)c3ccc(C)cc3)cc(C)c2C1=O. The molecule has 0 saturated heterocycles. The molecule has 1 aliphatic heterocycles. The summed E-state index contributed by atoms with van der Waals surface area (Å²) >= 11 is 0. The number of benzene rings is 3. The normalized spacial score (nSPS) is 13.3. The zero-order valence-corrected chi connectivity index (χ0v) is 19.6. The molecule has 0 amide bonds. The van der Waals surface area contributed by atoms with Crippen LogP contribution in [-0.2, 0) is 0 Å². The van der Waals surface area contributed by atoms with E-state index >= 15 is 0 Å². The minimum Gasteiger partial charge on any atom is -0.496 e. The number of carbonyl (C=O) groups excluding carboxylic acids is 2. The van der Waals surface area contributed by atoms with E-state index in [0.717, 1.165) is 5.56 Å². The summed E-state index contributed by atoms with van der Waals surface area (Å²) in [7, 11) is 4.58. The second-order valence-corrected chi connectivity index (χ2v) is 7.76. The molecule has 34 heavy (non-hydrogen) atoms. The Kier molecular flexibility index (Phi) is 6.27.